The average Bonchev–Trinajstić information content (AvgIpc) is 2.76. The summed E-state index contributed by atoms with van der Waals surface area (Å²) in [5.74, 6) is 1.10. The molecule has 0 aromatic carbocycles. The first-order chi connectivity index (χ1) is 8.27. The molecule has 0 spiro atoms. The molecule has 3 heteroatoms. The molecule has 17 heavy (non-hydrogen) atoms. The van der Waals surface area contributed by atoms with Crippen LogP contribution in [0.25, 0.3) is 0 Å². The average molecular weight is 233 g/mol. The second kappa shape index (κ2) is 4.35. The Kier molecular flexibility index (Phi) is 2.85. The van der Waals surface area contributed by atoms with Crippen LogP contribution in [0.15, 0.2) is 12.4 Å². The molecule has 2 saturated carbocycles. The van der Waals surface area contributed by atoms with Gasteiger partial charge in [0.2, 0.25) is 5.95 Å². The van der Waals surface area contributed by atoms with Crippen molar-refractivity contribution in [1.82, 2.24) is 9.55 Å². The molecule has 2 fully saturated rings. The van der Waals surface area contributed by atoms with Crippen LogP contribution < -0.4 is 5.32 Å². The lowest BCUT2D eigenvalue weighted by molar-refractivity contribution is 0.298. The molecule has 0 amide bonds. The molecule has 0 radical (unpaired) electrons. The van der Waals surface area contributed by atoms with E-state index >= 15 is 0 Å². The van der Waals surface area contributed by atoms with Crippen LogP contribution in [0.5, 0.6) is 0 Å². The first-order valence-corrected chi connectivity index (χ1v) is 7.08. The van der Waals surface area contributed by atoms with E-state index in [1.54, 1.807) is 0 Å². The van der Waals surface area contributed by atoms with Gasteiger partial charge in [-0.3, -0.25) is 0 Å². The van der Waals surface area contributed by atoms with Gasteiger partial charge in [-0.2, -0.15) is 0 Å². The summed E-state index contributed by atoms with van der Waals surface area (Å²) in [6.45, 7) is 2.32. The number of hydrogen-bond donors (Lipinski definition) is 1. The molecule has 94 valence electrons. The molecule has 3 nitrogen and oxygen atoms in total. The van der Waals surface area contributed by atoms with Crippen molar-refractivity contribution in [2.45, 2.75) is 69.9 Å². The fourth-order valence-corrected chi connectivity index (χ4v) is 3.17. The molecule has 0 saturated heterocycles. The Balaban J connectivity index is 1.73. The number of nitrogens with one attached hydrogen (secondary N) is 1. The summed E-state index contributed by atoms with van der Waals surface area (Å²) in [4.78, 5) is 4.51. The molecule has 0 unspecified atom stereocenters. The zero-order valence-corrected chi connectivity index (χ0v) is 10.8. The van der Waals surface area contributed by atoms with E-state index in [2.05, 4.69) is 28.0 Å². The lowest BCUT2D eigenvalue weighted by Gasteiger charge is -2.40. The molecule has 1 aromatic rings. The van der Waals surface area contributed by atoms with Gasteiger partial charge in [0.1, 0.15) is 0 Å². The maximum atomic E-state index is 4.51. The number of aromatic nitrogens is 2. The van der Waals surface area contributed by atoms with Crippen molar-refractivity contribution in [2.24, 2.45) is 0 Å². The molecular formula is C14H23N3. The van der Waals surface area contributed by atoms with E-state index in [4.69, 9.17) is 0 Å². The van der Waals surface area contributed by atoms with Gasteiger partial charge in [0.25, 0.3) is 0 Å². The van der Waals surface area contributed by atoms with Crippen LogP contribution in [0.1, 0.15) is 64.3 Å². The molecule has 2 aliphatic rings. The van der Waals surface area contributed by atoms with Crippen LogP contribution in [0, 0.1) is 0 Å². The summed E-state index contributed by atoms with van der Waals surface area (Å²) in [6, 6.07) is 0.678. The highest BCUT2D eigenvalue weighted by molar-refractivity contribution is 5.32. The number of rotatable bonds is 3. The predicted octanol–water partition coefficient (Wildman–Crippen LogP) is 3.74. The van der Waals surface area contributed by atoms with E-state index in [-0.39, 0.29) is 0 Å². The van der Waals surface area contributed by atoms with E-state index in [0.717, 1.165) is 5.95 Å². The minimum Gasteiger partial charge on any atom is -0.350 e. The molecule has 0 bridgehead atoms. The second-order valence-electron chi connectivity index (χ2n) is 5.99. The first kappa shape index (κ1) is 11.1. The second-order valence-corrected chi connectivity index (χ2v) is 5.99. The van der Waals surface area contributed by atoms with Crippen LogP contribution in [-0.2, 0) is 0 Å². The van der Waals surface area contributed by atoms with Gasteiger partial charge in [-0.25, -0.2) is 4.98 Å². The highest BCUT2D eigenvalue weighted by atomic mass is 15.2. The van der Waals surface area contributed by atoms with Gasteiger partial charge in [-0.1, -0.05) is 19.3 Å². The van der Waals surface area contributed by atoms with Crippen molar-refractivity contribution in [2.75, 3.05) is 5.32 Å². The van der Waals surface area contributed by atoms with Gasteiger partial charge in [0.05, 0.1) is 0 Å². The fourth-order valence-electron chi connectivity index (χ4n) is 3.17. The van der Waals surface area contributed by atoms with Crippen LogP contribution in [0.4, 0.5) is 5.95 Å². The fraction of sp³-hybridized carbons (Fsp3) is 0.786. The Morgan fingerprint density at radius 3 is 2.65 bits per heavy atom. The van der Waals surface area contributed by atoms with Crippen molar-refractivity contribution in [1.29, 1.82) is 0 Å². The largest absolute Gasteiger partial charge is 0.350 e. The lowest BCUT2D eigenvalue weighted by atomic mass is 9.79. The van der Waals surface area contributed by atoms with Gasteiger partial charge in [0.15, 0.2) is 0 Å². The van der Waals surface area contributed by atoms with E-state index in [0.29, 0.717) is 11.6 Å². The standard InChI is InChI=1S/C14H23N3/c1-14(8-5-9-14)16-13-15-10-11-17(13)12-6-3-2-4-7-12/h10-12H,2-9H2,1H3,(H,15,16). The highest BCUT2D eigenvalue weighted by Gasteiger charge is 2.33. The van der Waals surface area contributed by atoms with Crippen molar-refractivity contribution in [3.05, 3.63) is 12.4 Å². The minimum absolute atomic E-state index is 0.303. The Labute approximate surface area is 104 Å². The van der Waals surface area contributed by atoms with Crippen molar-refractivity contribution in [3.63, 3.8) is 0 Å². The summed E-state index contributed by atoms with van der Waals surface area (Å²) in [7, 11) is 0. The molecular weight excluding hydrogens is 210 g/mol. The third-order valence-corrected chi connectivity index (χ3v) is 4.51. The van der Waals surface area contributed by atoms with Gasteiger partial charge < -0.3 is 9.88 Å². The smallest absolute Gasteiger partial charge is 0.203 e. The van der Waals surface area contributed by atoms with Crippen LogP contribution >= 0.6 is 0 Å². The van der Waals surface area contributed by atoms with Gasteiger partial charge in [0, 0.05) is 24.0 Å². The molecule has 0 aliphatic heterocycles. The Hall–Kier alpha value is -0.990. The van der Waals surface area contributed by atoms with Crippen LogP contribution in [-0.4, -0.2) is 15.1 Å². The molecule has 2 aliphatic carbocycles. The normalized spacial score (nSPS) is 24.3. The van der Waals surface area contributed by atoms with Crippen molar-refractivity contribution < 1.29 is 0 Å². The molecule has 0 atom stereocenters. The Bertz CT molecular complexity index is 373. The molecule has 1 N–H and O–H groups in total. The Morgan fingerprint density at radius 1 is 1.24 bits per heavy atom. The van der Waals surface area contributed by atoms with Gasteiger partial charge >= 0.3 is 0 Å². The molecule has 3 rings (SSSR count). The third-order valence-electron chi connectivity index (χ3n) is 4.51. The lowest BCUT2D eigenvalue weighted by Crippen LogP contribution is -2.42. The Morgan fingerprint density at radius 2 is 2.00 bits per heavy atom. The van der Waals surface area contributed by atoms with Crippen molar-refractivity contribution in [3.8, 4) is 0 Å². The van der Waals surface area contributed by atoms with Gasteiger partial charge in [-0.15, -0.1) is 0 Å². The summed E-state index contributed by atoms with van der Waals surface area (Å²) in [6.07, 6.45) is 14.8. The third kappa shape index (κ3) is 2.20. The van der Waals surface area contributed by atoms with Crippen LogP contribution in [0.3, 0.4) is 0 Å². The number of hydrogen-bond acceptors (Lipinski definition) is 2. The summed E-state index contributed by atoms with van der Waals surface area (Å²) >= 11 is 0. The zero-order chi connectivity index (χ0) is 11.7. The van der Waals surface area contributed by atoms with E-state index in [1.807, 2.05) is 6.20 Å². The SMILES string of the molecule is CC1(Nc2nccn2C2CCCCC2)CCC1. The summed E-state index contributed by atoms with van der Waals surface area (Å²) < 4.78 is 2.38. The van der Waals surface area contributed by atoms with Gasteiger partial charge in [-0.05, 0) is 39.0 Å². The maximum absolute atomic E-state index is 4.51. The van der Waals surface area contributed by atoms with E-state index in [9.17, 15) is 0 Å². The van der Waals surface area contributed by atoms with Crippen molar-refractivity contribution >= 4 is 5.95 Å². The minimum atomic E-state index is 0.303. The summed E-state index contributed by atoms with van der Waals surface area (Å²) in [5.41, 5.74) is 0.303. The first-order valence-electron chi connectivity index (χ1n) is 7.08. The quantitative estimate of drug-likeness (QED) is 0.861. The maximum Gasteiger partial charge on any atom is 0.203 e. The highest BCUT2D eigenvalue weighted by Crippen LogP contribution is 2.36. The number of anilines is 1. The monoisotopic (exact) mass is 233 g/mol. The zero-order valence-electron chi connectivity index (χ0n) is 10.8. The molecule has 1 aromatic heterocycles. The van der Waals surface area contributed by atoms with E-state index in [1.165, 1.54) is 51.4 Å². The number of imidazole rings is 1. The van der Waals surface area contributed by atoms with Crippen LogP contribution in [0.2, 0.25) is 0 Å². The topological polar surface area (TPSA) is 29.9 Å². The number of nitrogens with zero attached hydrogens (tertiary/aromatic N) is 2. The van der Waals surface area contributed by atoms with E-state index < -0.39 is 0 Å². The predicted molar refractivity (Wildman–Crippen MR) is 70.2 cm³/mol. The summed E-state index contributed by atoms with van der Waals surface area (Å²) in [5, 5.41) is 3.65. The molecule has 1 heterocycles.